The summed E-state index contributed by atoms with van der Waals surface area (Å²) >= 11 is 0. The lowest BCUT2D eigenvalue weighted by molar-refractivity contribution is -0.923. The first-order chi connectivity index (χ1) is 8.43. The molecule has 0 aliphatic heterocycles. The molecule has 1 heterocycles. The minimum Gasteiger partial charge on any atom is -0.391 e. The molecular formula is C10H19N4O4+. The highest BCUT2D eigenvalue weighted by molar-refractivity contribution is 5.18. The molecule has 102 valence electrons. The monoisotopic (exact) mass is 259 g/mol. The van der Waals surface area contributed by atoms with Crippen LogP contribution in [-0.4, -0.2) is 62.5 Å². The Balaban J connectivity index is 2.91. The lowest BCUT2D eigenvalue weighted by Crippen LogP contribution is -2.47. The van der Waals surface area contributed by atoms with Gasteiger partial charge in [-0.2, -0.15) is 0 Å². The standard InChI is InChI=1S/C10H19N4O4/c1-12-9(11-7-10(12)13(17)18)8-14(2,3-5-15)4-6-16/h7,15-16H,3-6,8H2,1-2H3/q+1. The van der Waals surface area contributed by atoms with Crippen LogP contribution in [-0.2, 0) is 13.6 Å². The van der Waals surface area contributed by atoms with E-state index in [0.29, 0.717) is 29.9 Å². The molecule has 0 saturated carbocycles. The van der Waals surface area contributed by atoms with E-state index >= 15 is 0 Å². The van der Waals surface area contributed by atoms with Crippen molar-refractivity contribution in [1.29, 1.82) is 0 Å². The van der Waals surface area contributed by atoms with E-state index in [1.54, 1.807) is 7.05 Å². The van der Waals surface area contributed by atoms with Gasteiger partial charge in [-0.25, -0.2) is 9.55 Å². The quantitative estimate of drug-likeness (QED) is 0.381. The second-order valence-electron chi connectivity index (χ2n) is 4.52. The minimum absolute atomic E-state index is 0.0109. The van der Waals surface area contributed by atoms with Gasteiger partial charge in [0.15, 0.2) is 6.54 Å². The molecular weight excluding hydrogens is 240 g/mol. The molecule has 8 nitrogen and oxygen atoms in total. The molecule has 1 aromatic heterocycles. The summed E-state index contributed by atoms with van der Waals surface area (Å²) in [5.74, 6) is 0.496. The molecule has 0 spiro atoms. The van der Waals surface area contributed by atoms with Gasteiger partial charge in [0, 0.05) is 0 Å². The molecule has 0 amide bonds. The molecule has 0 atom stereocenters. The van der Waals surface area contributed by atoms with Crippen LogP contribution >= 0.6 is 0 Å². The fourth-order valence-corrected chi connectivity index (χ4v) is 1.85. The van der Waals surface area contributed by atoms with Crippen LogP contribution in [0.2, 0.25) is 0 Å². The number of aromatic nitrogens is 2. The number of nitrogens with zero attached hydrogens (tertiary/aromatic N) is 4. The Morgan fingerprint density at radius 2 is 2.00 bits per heavy atom. The number of quaternary nitrogens is 1. The van der Waals surface area contributed by atoms with Crippen LogP contribution in [0.4, 0.5) is 5.82 Å². The lowest BCUT2D eigenvalue weighted by Gasteiger charge is -2.32. The predicted octanol–water partition coefficient (Wildman–Crippen LogP) is -0.740. The number of aliphatic hydroxyl groups is 2. The van der Waals surface area contributed by atoms with E-state index in [1.165, 1.54) is 10.8 Å². The van der Waals surface area contributed by atoms with Crippen LogP contribution in [0.3, 0.4) is 0 Å². The predicted molar refractivity (Wildman–Crippen MR) is 63.7 cm³/mol. The van der Waals surface area contributed by atoms with Crippen LogP contribution < -0.4 is 0 Å². The summed E-state index contributed by atoms with van der Waals surface area (Å²) < 4.78 is 1.81. The van der Waals surface area contributed by atoms with E-state index in [-0.39, 0.29) is 19.0 Å². The average molecular weight is 259 g/mol. The van der Waals surface area contributed by atoms with E-state index in [1.807, 2.05) is 7.05 Å². The van der Waals surface area contributed by atoms with Crippen molar-refractivity contribution in [3.8, 4) is 0 Å². The first-order valence-electron chi connectivity index (χ1n) is 5.64. The van der Waals surface area contributed by atoms with Gasteiger partial charge in [0.25, 0.3) is 5.82 Å². The Morgan fingerprint density at radius 3 is 2.39 bits per heavy atom. The highest BCUT2D eigenvalue weighted by atomic mass is 16.6. The normalized spacial score (nSPS) is 11.8. The lowest BCUT2D eigenvalue weighted by atomic mass is 10.3. The molecule has 1 rings (SSSR count). The highest BCUT2D eigenvalue weighted by Gasteiger charge is 2.27. The summed E-state index contributed by atoms with van der Waals surface area (Å²) in [5.41, 5.74) is 0. The van der Waals surface area contributed by atoms with Crippen molar-refractivity contribution in [1.82, 2.24) is 9.55 Å². The molecule has 0 unspecified atom stereocenters. The van der Waals surface area contributed by atoms with Gasteiger partial charge < -0.3 is 24.8 Å². The topological polar surface area (TPSA) is 101 Å². The zero-order valence-corrected chi connectivity index (χ0v) is 10.6. The Bertz CT molecular complexity index is 412. The molecule has 0 aliphatic rings. The number of hydrogen-bond acceptors (Lipinski definition) is 5. The maximum atomic E-state index is 10.7. The summed E-state index contributed by atoms with van der Waals surface area (Å²) in [4.78, 5) is 14.3. The molecule has 1 aromatic rings. The molecule has 0 radical (unpaired) electrons. The van der Waals surface area contributed by atoms with Crippen molar-refractivity contribution < 1.29 is 19.6 Å². The van der Waals surface area contributed by atoms with E-state index in [2.05, 4.69) is 4.98 Å². The van der Waals surface area contributed by atoms with Crippen LogP contribution in [0.15, 0.2) is 6.20 Å². The van der Waals surface area contributed by atoms with Crippen molar-refractivity contribution in [3.05, 3.63) is 22.1 Å². The number of aliphatic hydroxyl groups excluding tert-OH is 2. The van der Waals surface area contributed by atoms with E-state index in [0.717, 1.165) is 0 Å². The number of nitro groups is 1. The van der Waals surface area contributed by atoms with Crippen LogP contribution in [0.5, 0.6) is 0 Å². The molecule has 18 heavy (non-hydrogen) atoms. The molecule has 8 heteroatoms. The van der Waals surface area contributed by atoms with Gasteiger partial charge in [-0.3, -0.25) is 0 Å². The van der Waals surface area contributed by atoms with Gasteiger partial charge in [0.2, 0.25) is 0 Å². The van der Waals surface area contributed by atoms with E-state index in [4.69, 9.17) is 10.2 Å². The number of rotatable bonds is 7. The first-order valence-corrected chi connectivity index (χ1v) is 5.64. The van der Waals surface area contributed by atoms with Crippen molar-refractivity contribution >= 4 is 5.82 Å². The number of imidazole rings is 1. The molecule has 0 aliphatic carbocycles. The Labute approximate surface area is 105 Å². The highest BCUT2D eigenvalue weighted by Crippen LogP contribution is 2.16. The zero-order valence-electron chi connectivity index (χ0n) is 10.6. The van der Waals surface area contributed by atoms with Crippen molar-refractivity contribution in [3.63, 3.8) is 0 Å². The Kier molecular flexibility index (Phi) is 4.76. The smallest absolute Gasteiger partial charge is 0.342 e. The minimum atomic E-state index is -0.487. The fraction of sp³-hybridized carbons (Fsp3) is 0.700. The van der Waals surface area contributed by atoms with Crippen molar-refractivity contribution in [2.45, 2.75) is 6.54 Å². The SMILES string of the molecule is Cn1c([N+](=O)[O-])cnc1C[N+](C)(CCO)CCO. The maximum absolute atomic E-state index is 10.7. The van der Waals surface area contributed by atoms with Crippen LogP contribution in [0.25, 0.3) is 0 Å². The molecule has 0 fully saturated rings. The molecule has 0 aromatic carbocycles. The third kappa shape index (κ3) is 3.25. The van der Waals surface area contributed by atoms with Gasteiger partial charge in [0.1, 0.15) is 19.3 Å². The fourth-order valence-electron chi connectivity index (χ4n) is 1.85. The molecule has 0 saturated heterocycles. The summed E-state index contributed by atoms with van der Waals surface area (Å²) in [6, 6.07) is 0. The molecule has 2 N–H and O–H groups in total. The second kappa shape index (κ2) is 5.89. The average Bonchev–Trinajstić information content (AvgIpc) is 2.61. The Morgan fingerprint density at radius 1 is 1.44 bits per heavy atom. The number of hydrogen-bond donors (Lipinski definition) is 2. The van der Waals surface area contributed by atoms with Gasteiger partial charge in [-0.15, -0.1) is 0 Å². The third-order valence-corrected chi connectivity index (χ3v) is 3.05. The van der Waals surface area contributed by atoms with E-state index in [9.17, 15) is 10.1 Å². The maximum Gasteiger partial charge on any atom is 0.342 e. The first kappa shape index (κ1) is 14.6. The van der Waals surface area contributed by atoms with Gasteiger partial charge in [0.05, 0.1) is 27.3 Å². The van der Waals surface area contributed by atoms with Gasteiger partial charge in [-0.05, 0) is 4.92 Å². The van der Waals surface area contributed by atoms with Gasteiger partial charge in [-0.1, -0.05) is 0 Å². The second-order valence-corrected chi connectivity index (χ2v) is 4.52. The summed E-state index contributed by atoms with van der Waals surface area (Å²) in [6.07, 6.45) is 1.22. The Hall–Kier alpha value is -1.51. The van der Waals surface area contributed by atoms with Crippen molar-refractivity contribution in [2.24, 2.45) is 7.05 Å². The largest absolute Gasteiger partial charge is 0.391 e. The van der Waals surface area contributed by atoms with Crippen molar-refractivity contribution in [2.75, 3.05) is 33.4 Å². The van der Waals surface area contributed by atoms with Crippen LogP contribution in [0, 0.1) is 10.1 Å². The van der Waals surface area contributed by atoms with E-state index < -0.39 is 4.92 Å². The zero-order chi connectivity index (χ0) is 13.8. The number of likely N-dealkylation sites (N-methyl/N-ethyl adjacent to an activating group) is 1. The van der Waals surface area contributed by atoms with Crippen LogP contribution in [0.1, 0.15) is 5.82 Å². The summed E-state index contributed by atoms with van der Waals surface area (Å²) in [7, 11) is 3.45. The third-order valence-electron chi connectivity index (χ3n) is 3.05. The summed E-state index contributed by atoms with van der Waals surface area (Å²) in [5, 5.41) is 28.8. The molecule has 0 bridgehead atoms. The van der Waals surface area contributed by atoms with Gasteiger partial charge >= 0.3 is 5.82 Å². The summed E-state index contributed by atoms with van der Waals surface area (Å²) in [6.45, 7) is 1.32.